The summed E-state index contributed by atoms with van der Waals surface area (Å²) in [5.41, 5.74) is 4.25. The number of aryl methyl sites for hydroxylation is 3. The summed E-state index contributed by atoms with van der Waals surface area (Å²) in [5.74, 6) is 0. The third-order valence-corrected chi connectivity index (χ3v) is 8.48. The molecule has 164 valence electrons. The van der Waals surface area contributed by atoms with E-state index in [1.165, 1.54) is 0 Å². The van der Waals surface area contributed by atoms with Crippen molar-refractivity contribution in [2.24, 2.45) is 0 Å². The Morgan fingerprint density at radius 2 is 1.65 bits per heavy atom. The summed E-state index contributed by atoms with van der Waals surface area (Å²) in [6.07, 6.45) is 4.81. The van der Waals surface area contributed by atoms with Crippen molar-refractivity contribution in [1.29, 1.82) is 0 Å². The molecule has 5 nitrogen and oxygen atoms in total. The molecule has 0 aliphatic heterocycles. The van der Waals surface area contributed by atoms with E-state index in [0.717, 1.165) is 59.7 Å². The molecule has 4 rings (SSSR count). The highest BCUT2D eigenvalue weighted by atomic mass is 32.2. The highest BCUT2D eigenvalue weighted by Crippen LogP contribution is 2.30. The Balaban J connectivity index is 1.78. The topological polar surface area (TPSA) is 70.2 Å². The molecular weight excluding hydrogens is 408 g/mol. The van der Waals surface area contributed by atoms with Gasteiger partial charge < -0.3 is 4.98 Å². The first kappa shape index (κ1) is 21.8. The molecule has 0 unspecified atom stereocenters. The minimum Gasteiger partial charge on any atom is -0.321 e. The SMILES string of the molecule is Cc1ccc(S(=O)(=O)N(Cc2cc3ccc(C)c(C)c3[nH]c2=O)C2CCCCC2)cc1. The number of pyridine rings is 1. The second kappa shape index (κ2) is 8.60. The average Bonchev–Trinajstić information content (AvgIpc) is 2.76. The smallest absolute Gasteiger partial charge is 0.252 e. The Hall–Kier alpha value is -2.44. The zero-order chi connectivity index (χ0) is 22.2. The van der Waals surface area contributed by atoms with E-state index in [-0.39, 0.29) is 23.0 Å². The number of fused-ring (bicyclic) bond motifs is 1. The Bertz CT molecular complexity index is 1250. The molecule has 0 spiro atoms. The maximum atomic E-state index is 13.6. The Kier molecular flexibility index (Phi) is 6.04. The maximum absolute atomic E-state index is 13.6. The molecule has 0 radical (unpaired) electrons. The standard InChI is InChI=1S/C25H30N2O3S/c1-17-9-13-23(14-10-17)31(29,30)27(22-7-5-4-6-8-22)16-21-15-20-12-11-18(2)19(3)24(20)26-25(21)28/h9-15,22H,4-8,16H2,1-3H3,(H,26,28). The van der Waals surface area contributed by atoms with Crippen LogP contribution in [-0.2, 0) is 16.6 Å². The van der Waals surface area contributed by atoms with Gasteiger partial charge in [-0.05, 0) is 68.3 Å². The van der Waals surface area contributed by atoms with Crippen molar-refractivity contribution in [2.45, 2.75) is 70.4 Å². The van der Waals surface area contributed by atoms with Gasteiger partial charge in [0, 0.05) is 18.2 Å². The van der Waals surface area contributed by atoms with E-state index in [1.807, 2.05) is 51.1 Å². The van der Waals surface area contributed by atoms with Crippen molar-refractivity contribution in [1.82, 2.24) is 9.29 Å². The van der Waals surface area contributed by atoms with Gasteiger partial charge in [0.25, 0.3) is 5.56 Å². The van der Waals surface area contributed by atoms with Crippen LogP contribution >= 0.6 is 0 Å². The number of sulfonamides is 1. The number of hydrogen-bond donors (Lipinski definition) is 1. The van der Waals surface area contributed by atoms with Gasteiger partial charge in [-0.1, -0.05) is 49.1 Å². The van der Waals surface area contributed by atoms with E-state index < -0.39 is 10.0 Å². The van der Waals surface area contributed by atoms with Gasteiger partial charge in [-0.25, -0.2) is 8.42 Å². The number of rotatable bonds is 5. The van der Waals surface area contributed by atoms with Crippen LogP contribution in [0.15, 0.2) is 52.2 Å². The molecule has 1 aromatic heterocycles. The van der Waals surface area contributed by atoms with Crippen LogP contribution in [0.25, 0.3) is 10.9 Å². The minimum absolute atomic E-state index is 0.0824. The zero-order valence-corrected chi connectivity index (χ0v) is 19.3. The molecule has 1 heterocycles. The molecule has 3 aromatic rings. The molecule has 1 aliphatic carbocycles. The molecule has 6 heteroatoms. The lowest BCUT2D eigenvalue weighted by molar-refractivity contribution is 0.247. The van der Waals surface area contributed by atoms with Gasteiger partial charge in [-0.3, -0.25) is 4.79 Å². The number of aromatic nitrogens is 1. The molecule has 1 N–H and O–H groups in total. The van der Waals surface area contributed by atoms with Gasteiger partial charge >= 0.3 is 0 Å². The third-order valence-electron chi connectivity index (χ3n) is 6.56. The number of benzene rings is 2. The molecular formula is C25H30N2O3S. The molecule has 1 aliphatic rings. The van der Waals surface area contributed by atoms with E-state index in [2.05, 4.69) is 4.98 Å². The van der Waals surface area contributed by atoms with Crippen LogP contribution in [0, 0.1) is 20.8 Å². The first-order chi connectivity index (χ1) is 14.8. The molecule has 31 heavy (non-hydrogen) atoms. The fourth-order valence-electron chi connectivity index (χ4n) is 4.48. The van der Waals surface area contributed by atoms with Crippen LogP contribution in [0.1, 0.15) is 54.4 Å². The molecule has 0 saturated heterocycles. The van der Waals surface area contributed by atoms with Gasteiger partial charge in [-0.15, -0.1) is 0 Å². The van der Waals surface area contributed by atoms with Crippen LogP contribution in [-0.4, -0.2) is 23.7 Å². The summed E-state index contributed by atoms with van der Waals surface area (Å²) in [7, 11) is -3.72. The molecule has 0 amide bonds. The number of nitrogens with one attached hydrogen (secondary N) is 1. The van der Waals surface area contributed by atoms with Gasteiger partial charge in [0.2, 0.25) is 10.0 Å². The monoisotopic (exact) mass is 438 g/mol. The molecule has 2 aromatic carbocycles. The third kappa shape index (κ3) is 4.32. The normalized spacial score (nSPS) is 15.6. The highest BCUT2D eigenvalue weighted by Gasteiger charge is 2.33. The summed E-state index contributed by atoms with van der Waals surface area (Å²) in [6, 6.07) is 12.7. The fourth-order valence-corrected chi connectivity index (χ4v) is 6.14. The van der Waals surface area contributed by atoms with Crippen molar-refractivity contribution in [3.63, 3.8) is 0 Å². The zero-order valence-electron chi connectivity index (χ0n) is 18.4. The van der Waals surface area contributed by atoms with Gasteiger partial charge in [0.15, 0.2) is 0 Å². The van der Waals surface area contributed by atoms with E-state index in [4.69, 9.17) is 0 Å². The second-order valence-corrected chi connectivity index (χ2v) is 10.6. The summed E-state index contributed by atoms with van der Waals surface area (Å²) < 4.78 is 28.8. The molecule has 1 fully saturated rings. The van der Waals surface area contributed by atoms with Crippen molar-refractivity contribution >= 4 is 20.9 Å². The Morgan fingerprint density at radius 1 is 0.968 bits per heavy atom. The van der Waals surface area contributed by atoms with Crippen LogP contribution < -0.4 is 5.56 Å². The lowest BCUT2D eigenvalue weighted by Crippen LogP contribution is -2.42. The number of aromatic amines is 1. The van der Waals surface area contributed by atoms with E-state index in [1.54, 1.807) is 16.4 Å². The second-order valence-electron chi connectivity index (χ2n) is 8.75. The number of H-pyrrole nitrogens is 1. The summed E-state index contributed by atoms with van der Waals surface area (Å²) >= 11 is 0. The van der Waals surface area contributed by atoms with E-state index in [9.17, 15) is 13.2 Å². The Labute approximate surface area is 184 Å². The first-order valence-corrected chi connectivity index (χ1v) is 12.4. The molecule has 0 atom stereocenters. The van der Waals surface area contributed by atoms with Gasteiger partial charge in [-0.2, -0.15) is 4.31 Å². The van der Waals surface area contributed by atoms with Gasteiger partial charge in [0.05, 0.1) is 10.4 Å². The molecule has 0 bridgehead atoms. The van der Waals surface area contributed by atoms with Crippen LogP contribution in [0.4, 0.5) is 0 Å². The highest BCUT2D eigenvalue weighted by molar-refractivity contribution is 7.89. The van der Waals surface area contributed by atoms with Crippen LogP contribution in [0.3, 0.4) is 0 Å². The first-order valence-electron chi connectivity index (χ1n) is 11.0. The fraction of sp³-hybridized carbons (Fsp3) is 0.400. The van der Waals surface area contributed by atoms with E-state index in [0.29, 0.717) is 5.56 Å². The largest absolute Gasteiger partial charge is 0.321 e. The van der Waals surface area contributed by atoms with Gasteiger partial charge in [0.1, 0.15) is 0 Å². The van der Waals surface area contributed by atoms with Crippen molar-refractivity contribution in [3.8, 4) is 0 Å². The van der Waals surface area contributed by atoms with Crippen molar-refractivity contribution < 1.29 is 8.42 Å². The van der Waals surface area contributed by atoms with Crippen molar-refractivity contribution in [2.75, 3.05) is 0 Å². The van der Waals surface area contributed by atoms with Crippen LogP contribution in [0.5, 0.6) is 0 Å². The van der Waals surface area contributed by atoms with E-state index >= 15 is 0 Å². The number of hydrogen-bond acceptors (Lipinski definition) is 3. The summed E-state index contributed by atoms with van der Waals surface area (Å²) in [4.78, 5) is 16.2. The molecule has 1 saturated carbocycles. The maximum Gasteiger partial charge on any atom is 0.252 e. The lowest BCUT2D eigenvalue weighted by atomic mass is 9.95. The quantitative estimate of drug-likeness (QED) is 0.611. The Morgan fingerprint density at radius 3 is 2.32 bits per heavy atom. The predicted molar refractivity (Wildman–Crippen MR) is 125 cm³/mol. The van der Waals surface area contributed by atoms with Crippen LogP contribution in [0.2, 0.25) is 0 Å². The summed E-state index contributed by atoms with van der Waals surface area (Å²) in [6.45, 7) is 6.02. The van der Waals surface area contributed by atoms with Crippen molar-refractivity contribution in [3.05, 3.63) is 75.1 Å². The number of nitrogens with zero attached hydrogens (tertiary/aromatic N) is 1. The average molecular weight is 439 g/mol. The lowest BCUT2D eigenvalue weighted by Gasteiger charge is -2.33. The minimum atomic E-state index is -3.72. The predicted octanol–water partition coefficient (Wildman–Crippen LogP) is 4.98. The summed E-state index contributed by atoms with van der Waals surface area (Å²) in [5, 5.41) is 0.925.